The average Bonchev–Trinajstić information content (AvgIpc) is 2.53. The summed E-state index contributed by atoms with van der Waals surface area (Å²) in [7, 11) is -3.41. The molecular formula is C16H22N2O3S. The first kappa shape index (κ1) is 16.7. The zero-order valence-electron chi connectivity index (χ0n) is 12.8. The normalized spacial score (nSPS) is 15.2. The molecular weight excluding hydrogens is 300 g/mol. The molecule has 5 nitrogen and oxygen atoms in total. The lowest BCUT2D eigenvalue weighted by Crippen LogP contribution is -2.30. The molecule has 2 N–H and O–H groups in total. The molecule has 0 atom stereocenters. The zero-order valence-corrected chi connectivity index (χ0v) is 13.6. The Morgan fingerprint density at radius 3 is 2.77 bits per heavy atom. The monoisotopic (exact) mass is 322 g/mol. The molecule has 1 aliphatic rings. The Balaban J connectivity index is 2.14. The first-order valence-electron chi connectivity index (χ1n) is 7.53. The molecule has 0 saturated carbocycles. The highest BCUT2D eigenvalue weighted by molar-refractivity contribution is 7.91. The van der Waals surface area contributed by atoms with Gasteiger partial charge in [0.1, 0.15) is 0 Å². The van der Waals surface area contributed by atoms with E-state index >= 15 is 0 Å². The van der Waals surface area contributed by atoms with E-state index < -0.39 is 9.84 Å². The number of carbonyl (C=O) groups is 1. The van der Waals surface area contributed by atoms with E-state index in [-0.39, 0.29) is 22.1 Å². The van der Waals surface area contributed by atoms with Gasteiger partial charge in [0.05, 0.1) is 16.2 Å². The van der Waals surface area contributed by atoms with Gasteiger partial charge in [-0.2, -0.15) is 0 Å². The number of nitrogens with one attached hydrogen (secondary N) is 2. The van der Waals surface area contributed by atoms with E-state index in [1.807, 2.05) is 6.92 Å². The number of carbonyl (C=O) groups excluding carboxylic acids is 1. The second kappa shape index (κ2) is 7.56. The summed E-state index contributed by atoms with van der Waals surface area (Å²) in [5, 5.41) is 6.03. The van der Waals surface area contributed by atoms with Crippen LogP contribution in [0.3, 0.4) is 0 Å². The van der Waals surface area contributed by atoms with Crippen molar-refractivity contribution in [2.24, 2.45) is 0 Å². The summed E-state index contributed by atoms with van der Waals surface area (Å²) in [5.41, 5.74) is 1.39. The summed E-state index contributed by atoms with van der Waals surface area (Å²) in [6, 6.07) is 6.40. The SMILES string of the molecule is CCCS(=O)(=O)c1ccccc1C(=O)NCC1=CCNCC1. The summed E-state index contributed by atoms with van der Waals surface area (Å²) in [6.45, 7) is 3.99. The lowest BCUT2D eigenvalue weighted by atomic mass is 10.1. The molecule has 2 rings (SSSR count). The molecule has 0 aliphatic carbocycles. The molecule has 1 aromatic carbocycles. The highest BCUT2D eigenvalue weighted by Gasteiger charge is 2.21. The van der Waals surface area contributed by atoms with Gasteiger partial charge in [0, 0.05) is 13.1 Å². The second-order valence-corrected chi connectivity index (χ2v) is 7.39. The van der Waals surface area contributed by atoms with Crippen LogP contribution < -0.4 is 10.6 Å². The van der Waals surface area contributed by atoms with E-state index in [4.69, 9.17) is 0 Å². The number of sulfone groups is 1. The Morgan fingerprint density at radius 1 is 1.32 bits per heavy atom. The van der Waals surface area contributed by atoms with Crippen LogP contribution >= 0.6 is 0 Å². The first-order chi connectivity index (χ1) is 10.5. The summed E-state index contributed by atoms with van der Waals surface area (Å²) >= 11 is 0. The lowest BCUT2D eigenvalue weighted by Gasteiger charge is -2.15. The van der Waals surface area contributed by atoms with Crippen molar-refractivity contribution in [3.63, 3.8) is 0 Å². The van der Waals surface area contributed by atoms with Gasteiger partial charge >= 0.3 is 0 Å². The third-order valence-electron chi connectivity index (χ3n) is 3.57. The standard InChI is InChI=1S/C16H22N2O3S/c1-2-11-22(20,21)15-6-4-3-5-14(15)16(19)18-12-13-7-9-17-10-8-13/h3-7,17H,2,8-12H2,1H3,(H,18,19). The fourth-order valence-corrected chi connectivity index (χ4v) is 3.96. The topological polar surface area (TPSA) is 75.3 Å². The largest absolute Gasteiger partial charge is 0.348 e. The van der Waals surface area contributed by atoms with Crippen LogP contribution in [0.4, 0.5) is 0 Å². The molecule has 0 bridgehead atoms. The number of amides is 1. The van der Waals surface area contributed by atoms with Crippen LogP contribution in [0.25, 0.3) is 0 Å². The van der Waals surface area contributed by atoms with Gasteiger partial charge in [0.2, 0.25) is 0 Å². The fraction of sp³-hybridized carbons (Fsp3) is 0.438. The minimum Gasteiger partial charge on any atom is -0.348 e. The van der Waals surface area contributed by atoms with Crippen molar-refractivity contribution < 1.29 is 13.2 Å². The Bertz CT molecular complexity index is 666. The van der Waals surface area contributed by atoms with Crippen molar-refractivity contribution in [1.29, 1.82) is 0 Å². The average molecular weight is 322 g/mol. The molecule has 0 unspecified atom stereocenters. The van der Waals surface area contributed by atoms with E-state index in [2.05, 4.69) is 16.7 Å². The molecule has 0 radical (unpaired) electrons. The van der Waals surface area contributed by atoms with Gasteiger partial charge in [-0.3, -0.25) is 4.79 Å². The van der Waals surface area contributed by atoms with Gasteiger partial charge in [0.25, 0.3) is 5.91 Å². The predicted octanol–water partition coefficient (Wildman–Crippen LogP) is 1.52. The van der Waals surface area contributed by atoms with Crippen LogP contribution in [0.2, 0.25) is 0 Å². The van der Waals surface area contributed by atoms with Gasteiger partial charge < -0.3 is 10.6 Å². The molecule has 0 spiro atoms. The van der Waals surface area contributed by atoms with E-state index in [0.717, 1.165) is 19.5 Å². The molecule has 22 heavy (non-hydrogen) atoms. The number of rotatable bonds is 6. The molecule has 0 saturated heterocycles. The molecule has 1 heterocycles. The molecule has 1 aromatic rings. The maximum atomic E-state index is 12.3. The maximum Gasteiger partial charge on any atom is 0.252 e. The van der Waals surface area contributed by atoms with E-state index in [1.165, 1.54) is 11.6 Å². The lowest BCUT2D eigenvalue weighted by molar-refractivity contribution is 0.0953. The third kappa shape index (κ3) is 4.18. The summed E-state index contributed by atoms with van der Waals surface area (Å²) in [4.78, 5) is 12.5. The maximum absolute atomic E-state index is 12.3. The summed E-state index contributed by atoms with van der Waals surface area (Å²) in [5.74, 6) is -0.289. The van der Waals surface area contributed by atoms with Crippen LogP contribution in [-0.4, -0.2) is 39.7 Å². The van der Waals surface area contributed by atoms with Gasteiger partial charge in [0.15, 0.2) is 9.84 Å². The highest BCUT2D eigenvalue weighted by Crippen LogP contribution is 2.18. The van der Waals surface area contributed by atoms with Crippen molar-refractivity contribution in [1.82, 2.24) is 10.6 Å². The molecule has 6 heteroatoms. The van der Waals surface area contributed by atoms with Crippen LogP contribution in [0.1, 0.15) is 30.1 Å². The van der Waals surface area contributed by atoms with Crippen molar-refractivity contribution in [2.75, 3.05) is 25.4 Å². The van der Waals surface area contributed by atoms with E-state index in [0.29, 0.717) is 13.0 Å². The van der Waals surface area contributed by atoms with Crippen LogP contribution in [-0.2, 0) is 9.84 Å². The van der Waals surface area contributed by atoms with Gasteiger partial charge in [-0.05, 0) is 31.5 Å². The molecule has 120 valence electrons. The van der Waals surface area contributed by atoms with Crippen LogP contribution in [0.5, 0.6) is 0 Å². The highest BCUT2D eigenvalue weighted by atomic mass is 32.2. The third-order valence-corrected chi connectivity index (χ3v) is 5.55. The summed E-state index contributed by atoms with van der Waals surface area (Å²) < 4.78 is 24.5. The Labute approximate surface area is 131 Å². The predicted molar refractivity (Wildman–Crippen MR) is 86.7 cm³/mol. The molecule has 1 amide bonds. The molecule has 0 aromatic heterocycles. The molecule has 1 aliphatic heterocycles. The fourth-order valence-electron chi connectivity index (χ4n) is 2.42. The number of benzene rings is 1. The smallest absolute Gasteiger partial charge is 0.252 e. The number of hydrogen-bond donors (Lipinski definition) is 2. The van der Waals surface area contributed by atoms with Crippen molar-refractivity contribution in [3.05, 3.63) is 41.5 Å². The number of hydrogen-bond acceptors (Lipinski definition) is 4. The Hall–Kier alpha value is -1.66. The van der Waals surface area contributed by atoms with Crippen LogP contribution in [0.15, 0.2) is 40.8 Å². The van der Waals surface area contributed by atoms with Gasteiger partial charge in [-0.25, -0.2) is 8.42 Å². The van der Waals surface area contributed by atoms with Crippen molar-refractivity contribution in [3.8, 4) is 0 Å². The van der Waals surface area contributed by atoms with Crippen LogP contribution in [0, 0.1) is 0 Å². The van der Waals surface area contributed by atoms with E-state index in [9.17, 15) is 13.2 Å². The molecule has 0 fully saturated rings. The van der Waals surface area contributed by atoms with Crippen molar-refractivity contribution in [2.45, 2.75) is 24.7 Å². The first-order valence-corrected chi connectivity index (χ1v) is 9.18. The van der Waals surface area contributed by atoms with E-state index in [1.54, 1.807) is 18.2 Å². The van der Waals surface area contributed by atoms with Crippen molar-refractivity contribution >= 4 is 15.7 Å². The summed E-state index contributed by atoms with van der Waals surface area (Å²) in [6.07, 6.45) is 3.48. The quantitative estimate of drug-likeness (QED) is 0.779. The second-order valence-electron chi connectivity index (χ2n) is 5.31. The minimum atomic E-state index is -3.41. The Morgan fingerprint density at radius 2 is 2.09 bits per heavy atom. The van der Waals surface area contributed by atoms with Gasteiger partial charge in [-0.15, -0.1) is 0 Å². The van der Waals surface area contributed by atoms with Gasteiger partial charge in [-0.1, -0.05) is 30.7 Å². The Kier molecular flexibility index (Phi) is 5.74. The minimum absolute atomic E-state index is 0.0497. The zero-order chi connectivity index (χ0) is 16.0.